The largest absolute Gasteiger partial charge is 0.314 e. The van der Waals surface area contributed by atoms with Crippen LogP contribution in [0.5, 0.6) is 0 Å². The van der Waals surface area contributed by atoms with Gasteiger partial charge in [-0.3, -0.25) is 0 Å². The molecule has 5 heteroatoms. The van der Waals surface area contributed by atoms with Crippen molar-refractivity contribution in [3.63, 3.8) is 0 Å². The van der Waals surface area contributed by atoms with E-state index >= 15 is 0 Å². The highest BCUT2D eigenvalue weighted by Gasteiger charge is 2.18. The summed E-state index contributed by atoms with van der Waals surface area (Å²) in [6.45, 7) is 2.62. The Morgan fingerprint density at radius 1 is 1.33 bits per heavy atom. The molecule has 0 radical (unpaired) electrons. The first kappa shape index (κ1) is 12.9. The minimum absolute atomic E-state index is 0. The summed E-state index contributed by atoms with van der Waals surface area (Å²) >= 11 is 3.19. The van der Waals surface area contributed by atoms with Crippen molar-refractivity contribution in [2.24, 2.45) is 0 Å². The van der Waals surface area contributed by atoms with Crippen molar-refractivity contribution in [1.29, 1.82) is 0 Å². The number of piperazine rings is 1. The maximum Gasteiger partial charge on any atom is 0.142 e. The molecule has 0 saturated carbocycles. The monoisotopic (exact) mass is 294 g/mol. The van der Waals surface area contributed by atoms with E-state index in [9.17, 15) is 4.39 Å². The van der Waals surface area contributed by atoms with Crippen molar-refractivity contribution < 1.29 is 4.39 Å². The summed E-state index contributed by atoms with van der Waals surface area (Å²) < 4.78 is 14.2. The number of halogens is 3. The Morgan fingerprint density at radius 2 is 2.13 bits per heavy atom. The molecule has 1 aromatic rings. The highest BCUT2D eigenvalue weighted by Crippen LogP contribution is 2.23. The molecule has 0 amide bonds. The van der Waals surface area contributed by atoms with Crippen LogP contribution < -0.4 is 10.6 Å². The fourth-order valence-electron chi connectivity index (χ4n) is 1.66. The van der Waals surface area contributed by atoms with Crippen LogP contribution in [0.3, 0.4) is 0 Å². The van der Waals surface area contributed by atoms with Crippen LogP contribution in [0.15, 0.2) is 22.7 Å². The van der Waals surface area contributed by atoms with Crippen LogP contribution in [0, 0.1) is 5.82 Å². The van der Waals surface area contributed by atoms with E-state index in [1.807, 2.05) is 12.1 Å². The molecule has 84 valence electrons. The number of benzene rings is 1. The Balaban J connectivity index is 0.00000112. The third-order valence-electron chi connectivity index (χ3n) is 2.40. The summed E-state index contributed by atoms with van der Waals surface area (Å²) in [5, 5.41) is 6.52. The zero-order chi connectivity index (χ0) is 9.97. The van der Waals surface area contributed by atoms with Crippen LogP contribution in [0.25, 0.3) is 0 Å². The van der Waals surface area contributed by atoms with Crippen LogP contribution in [0.4, 0.5) is 4.39 Å². The Kier molecular flexibility index (Phi) is 4.99. The van der Waals surface area contributed by atoms with Gasteiger partial charge in [0.1, 0.15) is 5.82 Å². The van der Waals surface area contributed by atoms with Gasteiger partial charge in [0.15, 0.2) is 0 Å². The smallest absolute Gasteiger partial charge is 0.142 e. The fraction of sp³-hybridized carbons (Fsp3) is 0.400. The summed E-state index contributed by atoms with van der Waals surface area (Å²) in [4.78, 5) is 0. The number of hydrogen-bond donors (Lipinski definition) is 2. The highest BCUT2D eigenvalue weighted by atomic mass is 79.9. The van der Waals surface area contributed by atoms with Gasteiger partial charge in [0.2, 0.25) is 0 Å². The van der Waals surface area contributed by atoms with E-state index in [1.165, 1.54) is 0 Å². The van der Waals surface area contributed by atoms with Crippen molar-refractivity contribution in [1.82, 2.24) is 10.6 Å². The van der Waals surface area contributed by atoms with E-state index < -0.39 is 0 Å². The van der Waals surface area contributed by atoms with Gasteiger partial charge >= 0.3 is 0 Å². The molecule has 0 aromatic heterocycles. The van der Waals surface area contributed by atoms with Crippen LogP contribution in [-0.2, 0) is 0 Å². The maximum absolute atomic E-state index is 13.7. The van der Waals surface area contributed by atoms with E-state index in [1.54, 1.807) is 6.07 Å². The summed E-state index contributed by atoms with van der Waals surface area (Å²) in [5.41, 5.74) is 0.728. The van der Waals surface area contributed by atoms with E-state index in [0.29, 0.717) is 4.47 Å². The van der Waals surface area contributed by atoms with Gasteiger partial charge in [0.05, 0.1) is 4.47 Å². The molecule has 0 unspecified atom stereocenters. The predicted molar refractivity (Wildman–Crippen MR) is 65.0 cm³/mol. The van der Waals surface area contributed by atoms with Gasteiger partial charge < -0.3 is 10.6 Å². The highest BCUT2D eigenvalue weighted by molar-refractivity contribution is 9.10. The molecule has 2 N–H and O–H groups in total. The molecule has 1 aromatic carbocycles. The van der Waals surface area contributed by atoms with Crippen molar-refractivity contribution in [3.8, 4) is 0 Å². The topological polar surface area (TPSA) is 24.1 Å². The van der Waals surface area contributed by atoms with Gasteiger partial charge in [0, 0.05) is 31.2 Å². The van der Waals surface area contributed by atoms with Crippen LogP contribution in [0.1, 0.15) is 11.6 Å². The lowest BCUT2D eigenvalue weighted by molar-refractivity contribution is 0.416. The first-order valence-corrected chi connectivity index (χ1v) is 5.46. The molecule has 2 rings (SSSR count). The van der Waals surface area contributed by atoms with E-state index in [4.69, 9.17) is 0 Å². The first-order valence-electron chi connectivity index (χ1n) is 4.67. The molecular weight excluding hydrogens is 282 g/mol. The Bertz CT molecular complexity index is 329. The Hall–Kier alpha value is -0.160. The van der Waals surface area contributed by atoms with Gasteiger partial charge in [-0.25, -0.2) is 4.39 Å². The summed E-state index contributed by atoms with van der Waals surface area (Å²) in [6, 6.07) is 5.49. The van der Waals surface area contributed by atoms with Crippen molar-refractivity contribution in [2.75, 3.05) is 19.6 Å². The molecule has 1 atom stereocenters. The normalized spacial score (nSPS) is 20.8. The van der Waals surface area contributed by atoms with Gasteiger partial charge in [-0.15, -0.1) is 12.4 Å². The zero-order valence-electron chi connectivity index (χ0n) is 8.09. The van der Waals surface area contributed by atoms with Gasteiger partial charge in [0.25, 0.3) is 0 Å². The Labute approximate surface area is 103 Å². The van der Waals surface area contributed by atoms with Crippen molar-refractivity contribution in [2.45, 2.75) is 6.04 Å². The second-order valence-electron chi connectivity index (χ2n) is 3.35. The average molecular weight is 296 g/mol. The van der Waals surface area contributed by atoms with E-state index in [2.05, 4.69) is 26.6 Å². The molecule has 1 saturated heterocycles. The molecule has 1 aliphatic rings. The first-order chi connectivity index (χ1) is 6.79. The lowest BCUT2D eigenvalue weighted by Crippen LogP contribution is -2.42. The van der Waals surface area contributed by atoms with Gasteiger partial charge in [-0.05, 0) is 22.0 Å². The lowest BCUT2D eigenvalue weighted by atomic mass is 10.1. The number of nitrogens with one attached hydrogen (secondary N) is 2. The molecule has 1 aliphatic heterocycles. The van der Waals surface area contributed by atoms with Crippen molar-refractivity contribution >= 4 is 28.3 Å². The second kappa shape index (κ2) is 5.80. The summed E-state index contributed by atoms with van der Waals surface area (Å²) in [6.07, 6.45) is 0. The quantitative estimate of drug-likeness (QED) is 0.830. The maximum atomic E-state index is 13.7. The number of hydrogen-bond acceptors (Lipinski definition) is 2. The number of rotatable bonds is 1. The third kappa shape index (κ3) is 2.91. The van der Waals surface area contributed by atoms with Crippen molar-refractivity contribution in [3.05, 3.63) is 34.1 Å². The minimum Gasteiger partial charge on any atom is -0.314 e. The van der Waals surface area contributed by atoms with E-state index in [-0.39, 0.29) is 24.3 Å². The predicted octanol–water partition coefficient (Wildman–Crippen LogP) is 2.24. The molecule has 1 fully saturated rings. The zero-order valence-corrected chi connectivity index (χ0v) is 10.5. The molecular formula is C10H13BrClFN2. The fourth-order valence-corrected chi connectivity index (χ4v) is 2.04. The lowest BCUT2D eigenvalue weighted by Gasteiger charge is -2.25. The molecule has 0 bridgehead atoms. The van der Waals surface area contributed by atoms with Crippen LogP contribution in [-0.4, -0.2) is 19.6 Å². The average Bonchev–Trinajstić information content (AvgIpc) is 2.23. The second-order valence-corrected chi connectivity index (χ2v) is 4.21. The minimum atomic E-state index is -0.159. The van der Waals surface area contributed by atoms with E-state index in [0.717, 1.165) is 25.2 Å². The SMILES string of the molecule is Cl.Fc1c(Br)cccc1[C@@H]1CNCCN1. The van der Waals surface area contributed by atoms with Crippen LogP contribution >= 0.6 is 28.3 Å². The molecule has 0 spiro atoms. The molecule has 15 heavy (non-hydrogen) atoms. The van der Waals surface area contributed by atoms with Gasteiger partial charge in [-0.2, -0.15) is 0 Å². The third-order valence-corrected chi connectivity index (χ3v) is 3.01. The van der Waals surface area contributed by atoms with Gasteiger partial charge in [-0.1, -0.05) is 12.1 Å². The standard InChI is InChI=1S/C10H12BrFN2.ClH/c11-8-3-1-2-7(10(8)12)9-6-13-4-5-14-9;/h1-3,9,13-14H,4-6H2;1H/t9-;/m0./s1. The molecule has 2 nitrogen and oxygen atoms in total. The molecule has 0 aliphatic carbocycles. The Morgan fingerprint density at radius 3 is 2.80 bits per heavy atom. The van der Waals surface area contributed by atoms with Crippen LogP contribution in [0.2, 0.25) is 0 Å². The molecule has 1 heterocycles. The summed E-state index contributed by atoms with van der Waals surface area (Å²) in [5.74, 6) is -0.159. The summed E-state index contributed by atoms with van der Waals surface area (Å²) in [7, 11) is 0.